The van der Waals surface area contributed by atoms with E-state index in [9.17, 15) is 9.59 Å². The zero-order valence-electron chi connectivity index (χ0n) is 12.7. The molecule has 0 bridgehead atoms. The highest BCUT2D eigenvalue weighted by atomic mass is 32.2. The minimum Gasteiger partial charge on any atom is -0.311 e. The Morgan fingerprint density at radius 2 is 1.96 bits per heavy atom. The Kier molecular flexibility index (Phi) is 4.76. The van der Waals surface area contributed by atoms with Crippen LogP contribution in [0.25, 0.3) is 5.69 Å². The third kappa shape index (κ3) is 3.54. The average Bonchev–Trinajstić information content (AvgIpc) is 2.95. The van der Waals surface area contributed by atoms with Crippen molar-refractivity contribution in [3.8, 4) is 5.69 Å². The first kappa shape index (κ1) is 16.0. The number of benzene rings is 1. The van der Waals surface area contributed by atoms with E-state index in [1.807, 2.05) is 34.9 Å². The van der Waals surface area contributed by atoms with Crippen molar-refractivity contribution >= 4 is 11.8 Å². The van der Waals surface area contributed by atoms with Crippen molar-refractivity contribution in [2.24, 2.45) is 0 Å². The molecule has 8 heteroatoms. The van der Waals surface area contributed by atoms with Crippen LogP contribution in [0.4, 0.5) is 0 Å². The molecule has 2 aromatic heterocycles. The molecule has 3 aromatic rings. The summed E-state index contributed by atoms with van der Waals surface area (Å²) in [4.78, 5) is 27.7. The summed E-state index contributed by atoms with van der Waals surface area (Å²) >= 11 is 1.51. The van der Waals surface area contributed by atoms with Crippen LogP contribution in [-0.4, -0.2) is 30.5 Å². The molecule has 0 aliphatic rings. The lowest BCUT2D eigenvalue weighted by Crippen LogP contribution is -2.23. The van der Waals surface area contributed by atoms with E-state index in [2.05, 4.69) is 26.7 Å². The van der Waals surface area contributed by atoms with E-state index in [1.54, 1.807) is 6.08 Å². The van der Waals surface area contributed by atoms with Crippen molar-refractivity contribution in [2.45, 2.75) is 11.6 Å². The van der Waals surface area contributed by atoms with Crippen LogP contribution in [-0.2, 0) is 6.42 Å². The van der Waals surface area contributed by atoms with Gasteiger partial charge in [-0.3, -0.25) is 14.3 Å². The van der Waals surface area contributed by atoms with Crippen LogP contribution in [0.2, 0.25) is 0 Å². The number of hydrogen-bond acceptors (Lipinski definition) is 5. The quantitative estimate of drug-likeness (QED) is 0.523. The highest BCUT2D eigenvalue weighted by Gasteiger charge is 2.15. The maximum atomic E-state index is 11.5. The van der Waals surface area contributed by atoms with Gasteiger partial charge in [0.25, 0.3) is 5.56 Å². The second kappa shape index (κ2) is 7.14. The van der Waals surface area contributed by atoms with Gasteiger partial charge < -0.3 is 4.98 Å². The van der Waals surface area contributed by atoms with Crippen LogP contribution in [0.15, 0.2) is 63.8 Å². The number of rotatable bonds is 6. The fourth-order valence-corrected chi connectivity index (χ4v) is 2.97. The first-order valence-electron chi connectivity index (χ1n) is 7.23. The molecule has 0 unspecified atom stereocenters. The first-order chi connectivity index (χ1) is 11.7. The zero-order chi connectivity index (χ0) is 16.9. The fraction of sp³-hybridized carbons (Fsp3) is 0.125. The Morgan fingerprint density at radius 1 is 1.17 bits per heavy atom. The van der Waals surface area contributed by atoms with Gasteiger partial charge in [0.1, 0.15) is 5.82 Å². The van der Waals surface area contributed by atoms with Gasteiger partial charge in [0.05, 0.1) is 0 Å². The van der Waals surface area contributed by atoms with E-state index in [0.29, 0.717) is 17.3 Å². The predicted octanol–water partition coefficient (Wildman–Crippen LogP) is 1.51. The van der Waals surface area contributed by atoms with Crippen molar-refractivity contribution < 1.29 is 0 Å². The molecule has 1 aromatic carbocycles. The molecule has 0 aliphatic heterocycles. The van der Waals surface area contributed by atoms with Gasteiger partial charge in [-0.1, -0.05) is 36.0 Å². The van der Waals surface area contributed by atoms with Crippen molar-refractivity contribution in [2.75, 3.05) is 5.75 Å². The Labute approximate surface area is 141 Å². The second-order valence-corrected chi connectivity index (χ2v) is 5.95. The number of hydrogen-bond donors (Lipinski definition) is 2. The van der Waals surface area contributed by atoms with E-state index in [4.69, 9.17) is 0 Å². The molecule has 0 saturated heterocycles. The summed E-state index contributed by atoms with van der Waals surface area (Å²) in [6.45, 7) is 3.72. The molecule has 122 valence electrons. The molecule has 24 heavy (non-hydrogen) atoms. The largest absolute Gasteiger partial charge is 0.325 e. The van der Waals surface area contributed by atoms with E-state index < -0.39 is 11.2 Å². The number of nitrogens with one attached hydrogen (secondary N) is 2. The lowest BCUT2D eigenvalue weighted by Gasteiger charge is -2.09. The third-order valence-electron chi connectivity index (χ3n) is 3.21. The van der Waals surface area contributed by atoms with Crippen LogP contribution in [0, 0.1) is 0 Å². The van der Waals surface area contributed by atoms with Gasteiger partial charge in [0.15, 0.2) is 5.16 Å². The van der Waals surface area contributed by atoms with Crippen LogP contribution >= 0.6 is 11.8 Å². The Morgan fingerprint density at radius 3 is 2.67 bits per heavy atom. The van der Waals surface area contributed by atoms with Crippen molar-refractivity contribution in [3.05, 3.63) is 81.4 Å². The second-order valence-electron chi connectivity index (χ2n) is 4.96. The van der Waals surface area contributed by atoms with E-state index >= 15 is 0 Å². The zero-order valence-corrected chi connectivity index (χ0v) is 13.5. The maximum Gasteiger partial charge on any atom is 0.325 e. The van der Waals surface area contributed by atoms with Crippen LogP contribution in [0.1, 0.15) is 11.5 Å². The Bertz CT molecular complexity index is 930. The number of para-hydroxylation sites is 1. The molecule has 0 spiro atoms. The molecule has 7 nitrogen and oxygen atoms in total. The molecule has 0 aliphatic carbocycles. The number of H-pyrrole nitrogens is 2. The van der Waals surface area contributed by atoms with Gasteiger partial charge >= 0.3 is 5.69 Å². The molecule has 0 radical (unpaired) electrons. The molecule has 2 heterocycles. The molecule has 3 rings (SSSR count). The van der Waals surface area contributed by atoms with Crippen molar-refractivity contribution in [1.82, 2.24) is 24.7 Å². The van der Waals surface area contributed by atoms with Gasteiger partial charge in [0, 0.05) is 29.6 Å². The molecule has 0 amide bonds. The molecule has 2 N–H and O–H groups in total. The molecule has 0 atom stereocenters. The smallest absolute Gasteiger partial charge is 0.311 e. The lowest BCUT2D eigenvalue weighted by molar-refractivity contribution is 0.830. The van der Waals surface area contributed by atoms with Gasteiger partial charge in [-0.05, 0) is 12.1 Å². The Balaban J connectivity index is 2.04. The molecular weight excluding hydrogens is 326 g/mol. The fourth-order valence-electron chi connectivity index (χ4n) is 2.26. The minimum atomic E-state index is -0.537. The summed E-state index contributed by atoms with van der Waals surface area (Å²) in [6.07, 6.45) is 2.08. The first-order valence-corrected chi connectivity index (χ1v) is 8.22. The van der Waals surface area contributed by atoms with Gasteiger partial charge in [0.2, 0.25) is 0 Å². The van der Waals surface area contributed by atoms with E-state index in [0.717, 1.165) is 10.8 Å². The number of nitrogens with zero attached hydrogens (tertiary/aromatic N) is 3. The summed E-state index contributed by atoms with van der Waals surface area (Å²) in [5.74, 6) is 1.33. The standard InChI is InChI=1S/C16H15N5O2S/c1-2-8-24-16-20-19-13(21(16)12-6-4-3-5-7-12)9-11-10-14(22)18-15(23)17-11/h2-7,10H,1,8-9H2,(H2,17,18,22,23). The summed E-state index contributed by atoms with van der Waals surface area (Å²) < 4.78 is 1.91. The highest BCUT2D eigenvalue weighted by molar-refractivity contribution is 7.99. The van der Waals surface area contributed by atoms with Gasteiger partial charge in [-0.2, -0.15) is 0 Å². The van der Waals surface area contributed by atoms with Crippen molar-refractivity contribution in [1.29, 1.82) is 0 Å². The highest BCUT2D eigenvalue weighted by Crippen LogP contribution is 2.22. The van der Waals surface area contributed by atoms with Gasteiger partial charge in [-0.15, -0.1) is 16.8 Å². The number of thioether (sulfide) groups is 1. The third-order valence-corrected chi connectivity index (χ3v) is 4.13. The summed E-state index contributed by atoms with van der Waals surface area (Å²) in [5, 5.41) is 9.17. The minimum absolute atomic E-state index is 0.287. The topological polar surface area (TPSA) is 96.4 Å². The van der Waals surface area contributed by atoms with E-state index in [1.165, 1.54) is 17.8 Å². The number of aromatic nitrogens is 5. The van der Waals surface area contributed by atoms with Crippen LogP contribution in [0.3, 0.4) is 0 Å². The molecular formula is C16H15N5O2S. The van der Waals surface area contributed by atoms with Crippen LogP contribution < -0.4 is 11.2 Å². The summed E-state index contributed by atoms with van der Waals surface area (Å²) in [5.41, 5.74) is 0.412. The van der Waals surface area contributed by atoms with Crippen molar-refractivity contribution in [3.63, 3.8) is 0 Å². The molecule has 0 fully saturated rings. The molecule has 0 saturated carbocycles. The maximum absolute atomic E-state index is 11.5. The lowest BCUT2D eigenvalue weighted by atomic mass is 10.2. The summed E-state index contributed by atoms with van der Waals surface area (Å²) in [6, 6.07) is 11.0. The predicted molar refractivity (Wildman–Crippen MR) is 92.8 cm³/mol. The number of aromatic amines is 2. The SMILES string of the molecule is C=CCSc1nnc(Cc2cc(=O)[nH]c(=O)[nH]2)n1-c1ccccc1. The normalized spacial score (nSPS) is 10.7. The monoisotopic (exact) mass is 341 g/mol. The Hall–Kier alpha value is -2.87. The average molecular weight is 341 g/mol. The van der Waals surface area contributed by atoms with Crippen LogP contribution in [0.5, 0.6) is 0 Å². The van der Waals surface area contributed by atoms with E-state index in [-0.39, 0.29) is 6.42 Å². The van der Waals surface area contributed by atoms with Gasteiger partial charge in [-0.25, -0.2) is 4.79 Å². The summed E-state index contributed by atoms with van der Waals surface area (Å²) in [7, 11) is 0.